The summed E-state index contributed by atoms with van der Waals surface area (Å²) in [6, 6.07) is 12.7. The zero-order valence-corrected chi connectivity index (χ0v) is 11.4. The van der Waals surface area contributed by atoms with Crippen molar-refractivity contribution in [3.05, 3.63) is 42.5 Å². The molecule has 1 aromatic heterocycles. The summed E-state index contributed by atoms with van der Waals surface area (Å²) in [4.78, 5) is 0. The van der Waals surface area contributed by atoms with Gasteiger partial charge in [-0.05, 0) is 40.8 Å². The third-order valence-electron chi connectivity index (χ3n) is 3.08. The SMILES string of the molecule is COc1cccc(-n2nnnc2-c2ccc(N)cc2N)c1. The van der Waals surface area contributed by atoms with E-state index in [-0.39, 0.29) is 0 Å². The number of methoxy groups -OCH3 is 1. The molecule has 0 aliphatic heterocycles. The minimum Gasteiger partial charge on any atom is -0.497 e. The number of nitrogen functional groups attached to an aromatic ring is 2. The Kier molecular flexibility index (Phi) is 3.15. The van der Waals surface area contributed by atoms with Gasteiger partial charge in [0.15, 0.2) is 5.82 Å². The first kappa shape index (κ1) is 12.9. The fourth-order valence-corrected chi connectivity index (χ4v) is 2.06. The minimum absolute atomic E-state index is 0.522. The number of rotatable bonds is 3. The monoisotopic (exact) mass is 282 g/mol. The maximum atomic E-state index is 6.00. The molecule has 0 aliphatic rings. The average Bonchev–Trinajstić information content (AvgIpc) is 2.96. The van der Waals surface area contributed by atoms with Crippen LogP contribution in [-0.2, 0) is 0 Å². The fraction of sp³-hybridized carbons (Fsp3) is 0.0714. The zero-order valence-electron chi connectivity index (χ0n) is 11.4. The quantitative estimate of drug-likeness (QED) is 0.705. The number of hydrogen-bond donors (Lipinski definition) is 2. The molecule has 7 heteroatoms. The predicted molar refractivity (Wildman–Crippen MR) is 80.0 cm³/mol. The lowest BCUT2D eigenvalue weighted by Crippen LogP contribution is -2.02. The fourth-order valence-electron chi connectivity index (χ4n) is 2.06. The Balaban J connectivity index is 2.12. The number of ether oxygens (including phenoxy) is 1. The van der Waals surface area contributed by atoms with E-state index >= 15 is 0 Å². The van der Waals surface area contributed by atoms with E-state index in [0.29, 0.717) is 17.2 Å². The van der Waals surface area contributed by atoms with Gasteiger partial charge in [-0.15, -0.1) is 5.10 Å². The summed E-state index contributed by atoms with van der Waals surface area (Å²) in [6.45, 7) is 0. The highest BCUT2D eigenvalue weighted by Crippen LogP contribution is 2.27. The van der Waals surface area contributed by atoms with Gasteiger partial charge >= 0.3 is 0 Å². The molecule has 0 unspecified atom stereocenters. The second-order valence-corrected chi connectivity index (χ2v) is 4.46. The largest absolute Gasteiger partial charge is 0.497 e. The summed E-state index contributed by atoms with van der Waals surface area (Å²) in [5.74, 6) is 1.26. The van der Waals surface area contributed by atoms with E-state index in [2.05, 4.69) is 15.5 Å². The van der Waals surface area contributed by atoms with Gasteiger partial charge < -0.3 is 16.2 Å². The Morgan fingerprint density at radius 2 is 1.95 bits per heavy atom. The maximum Gasteiger partial charge on any atom is 0.189 e. The van der Waals surface area contributed by atoms with Crippen LogP contribution < -0.4 is 16.2 Å². The number of tetrazole rings is 1. The molecule has 7 nitrogen and oxygen atoms in total. The second kappa shape index (κ2) is 5.12. The highest BCUT2D eigenvalue weighted by molar-refractivity contribution is 5.75. The van der Waals surface area contributed by atoms with Crippen molar-refractivity contribution in [1.82, 2.24) is 20.2 Å². The molecular formula is C14H14N6O. The number of nitrogens with two attached hydrogens (primary N) is 2. The van der Waals surface area contributed by atoms with Crippen molar-refractivity contribution in [2.45, 2.75) is 0 Å². The van der Waals surface area contributed by atoms with Gasteiger partial charge in [0.1, 0.15) is 5.75 Å². The molecular weight excluding hydrogens is 268 g/mol. The van der Waals surface area contributed by atoms with Crippen LogP contribution in [0.2, 0.25) is 0 Å². The molecule has 0 bridgehead atoms. The van der Waals surface area contributed by atoms with E-state index in [1.807, 2.05) is 24.3 Å². The minimum atomic E-state index is 0.522. The molecule has 2 aromatic carbocycles. The highest BCUT2D eigenvalue weighted by atomic mass is 16.5. The zero-order chi connectivity index (χ0) is 14.8. The first-order valence-corrected chi connectivity index (χ1v) is 6.27. The van der Waals surface area contributed by atoms with Crippen LogP contribution in [0.5, 0.6) is 5.75 Å². The maximum absolute atomic E-state index is 6.00. The van der Waals surface area contributed by atoms with Crippen molar-refractivity contribution in [1.29, 1.82) is 0 Å². The molecule has 4 N–H and O–H groups in total. The average molecular weight is 282 g/mol. The van der Waals surface area contributed by atoms with Gasteiger partial charge in [-0.25, -0.2) is 0 Å². The van der Waals surface area contributed by atoms with Crippen molar-refractivity contribution in [2.24, 2.45) is 0 Å². The second-order valence-electron chi connectivity index (χ2n) is 4.46. The highest BCUT2D eigenvalue weighted by Gasteiger charge is 2.14. The molecule has 1 heterocycles. The van der Waals surface area contributed by atoms with Gasteiger partial charge in [0.05, 0.1) is 12.8 Å². The summed E-state index contributed by atoms with van der Waals surface area (Å²) in [5, 5.41) is 11.8. The molecule has 3 rings (SSSR count). The van der Waals surface area contributed by atoms with Crippen LogP contribution in [0.4, 0.5) is 11.4 Å². The first-order chi connectivity index (χ1) is 10.2. The standard InChI is InChI=1S/C14H14N6O/c1-21-11-4-2-3-10(8-11)20-14(17-18-19-20)12-6-5-9(15)7-13(12)16/h2-8H,15-16H2,1H3. The Bertz CT molecular complexity index is 783. The van der Waals surface area contributed by atoms with Gasteiger partial charge in [-0.1, -0.05) is 6.07 Å². The smallest absolute Gasteiger partial charge is 0.189 e. The van der Waals surface area contributed by atoms with Crippen LogP contribution >= 0.6 is 0 Å². The molecule has 0 aliphatic carbocycles. The van der Waals surface area contributed by atoms with Crippen LogP contribution in [0.25, 0.3) is 17.1 Å². The molecule has 0 fully saturated rings. The number of benzene rings is 2. The van der Waals surface area contributed by atoms with Crippen LogP contribution in [-0.4, -0.2) is 27.3 Å². The van der Waals surface area contributed by atoms with Crippen LogP contribution in [0, 0.1) is 0 Å². The Morgan fingerprint density at radius 1 is 1.10 bits per heavy atom. The summed E-state index contributed by atoms with van der Waals surface area (Å²) >= 11 is 0. The van der Waals surface area contributed by atoms with E-state index in [9.17, 15) is 0 Å². The summed E-state index contributed by atoms with van der Waals surface area (Å²) in [7, 11) is 1.61. The summed E-state index contributed by atoms with van der Waals surface area (Å²) in [6.07, 6.45) is 0. The third-order valence-corrected chi connectivity index (χ3v) is 3.08. The molecule has 3 aromatic rings. The lowest BCUT2D eigenvalue weighted by Gasteiger charge is -2.08. The Morgan fingerprint density at radius 3 is 2.71 bits per heavy atom. The van der Waals surface area contributed by atoms with E-state index in [4.69, 9.17) is 16.2 Å². The molecule has 0 radical (unpaired) electrons. The van der Waals surface area contributed by atoms with Gasteiger partial charge in [-0.2, -0.15) is 4.68 Å². The van der Waals surface area contributed by atoms with Crippen molar-refractivity contribution >= 4 is 11.4 Å². The molecule has 0 saturated carbocycles. The molecule has 0 saturated heterocycles. The number of anilines is 2. The van der Waals surface area contributed by atoms with E-state index in [1.54, 1.807) is 30.0 Å². The molecule has 106 valence electrons. The lowest BCUT2D eigenvalue weighted by molar-refractivity contribution is 0.414. The normalized spacial score (nSPS) is 10.5. The van der Waals surface area contributed by atoms with Crippen molar-refractivity contribution in [3.63, 3.8) is 0 Å². The van der Waals surface area contributed by atoms with E-state index in [1.165, 1.54) is 0 Å². The topological polar surface area (TPSA) is 105 Å². The molecule has 21 heavy (non-hydrogen) atoms. The number of hydrogen-bond acceptors (Lipinski definition) is 6. The number of aromatic nitrogens is 4. The molecule has 0 atom stereocenters. The van der Waals surface area contributed by atoms with Gasteiger partial charge in [0, 0.05) is 23.0 Å². The van der Waals surface area contributed by atoms with E-state index in [0.717, 1.165) is 17.0 Å². The lowest BCUT2D eigenvalue weighted by atomic mass is 10.1. The van der Waals surface area contributed by atoms with Crippen LogP contribution in [0.15, 0.2) is 42.5 Å². The number of nitrogens with zero attached hydrogens (tertiary/aromatic N) is 4. The van der Waals surface area contributed by atoms with Crippen molar-refractivity contribution in [2.75, 3.05) is 18.6 Å². The molecule has 0 spiro atoms. The van der Waals surface area contributed by atoms with Gasteiger partial charge in [-0.3, -0.25) is 0 Å². The van der Waals surface area contributed by atoms with Gasteiger partial charge in [0.2, 0.25) is 0 Å². The first-order valence-electron chi connectivity index (χ1n) is 6.27. The van der Waals surface area contributed by atoms with Crippen LogP contribution in [0.3, 0.4) is 0 Å². The Labute approximate surface area is 121 Å². The molecule has 0 amide bonds. The van der Waals surface area contributed by atoms with Crippen molar-refractivity contribution < 1.29 is 4.74 Å². The van der Waals surface area contributed by atoms with Crippen LogP contribution in [0.1, 0.15) is 0 Å². The van der Waals surface area contributed by atoms with E-state index < -0.39 is 0 Å². The van der Waals surface area contributed by atoms with Crippen molar-refractivity contribution in [3.8, 4) is 22.8 Å². The predicted octanol–water partition coefficient (Wildman–Crippen LogP) is 1.50. The summed E-state index contributed by atoms with van der Waals surface area (Å²) < 4.78 is 6.82. The Hall–Kier alpha value is -3.09. The third kappa shape index (κ3) is 2.36. The summed E-state index contributed by atoms with van der Waals surface area (Å²) in [5.41, 5.74) is 14.3. The van der Waals surface area contributed by atoms with Gasteiger partial charge in [0.25, 0.3) is 0 Å².